The van der Waals surface area contributed by atoms with Crippen molar-refractivity contribution in [2.24, 2.45) is 0 Å². The smallest absolute Gasteiger partial charge is 0.267 e. The minimum Gasteiger partial charge on any atom is -0.267 e. The van der Waals surface area contributed by atoms with Crippen LogP contribution in [0.5, 0.6) is 0 Å². The number of hydrazine groups is 1. The SMILES string of the molecule is O=C1NNC(=O)c2cccc3cccc1c23. The van der Waals surface area contributed by atoms with Crippen LogP contribution in [-0.4, -0.2) is 11.8 Å². The van der Waals surface area contributed by atoms with E-state index in [9.17, 15) is 9.59 Å². The van der Waals surface area contributed by atoms with Crippen molar-refractivity contribution in [3.63, 3.8) is 0 Å². The third kappa shape index (κ3) is 1.10. The van der Waals surface area contributed by atoms with E-state index in [1.807, 2.05) is 12.1 Å². The van der Waals surface area contributed by atoms with Crippen LogP contribution in [0.25, 0.3) is 10.8 Å². The van der Waals surface area contributed by atoms with Crippen molar-refractivity contribution in [3.8, 4) is 0 Å². The molecule has 16 heavy (non-hydrogen) atoms. The van der Waals surface area contributed by atoms with Gasteiger partial charge >= 0.3 is 0 Å². The summed E-state index contributed by atoms with van der Waals surface area (Å²) in [6, 6.07) is 10.8. The monoisotopic (exact) mass is 212 g/mol. The van der Waals surface area contributed by atoms with Crippen molar-refractivity contribution in [2.75, 3.05) is 0 Å². The van der Waals surface area contributed by atoms with Gasteiger partial charge in [-0.25, -0.2) is 0 Å². The molecule has 2 aromatic rings. The Hall–Kier alpha value is -2.36. The number of nitrogens with one attached hydrogen (secondary N) is 2. The van der Waals surface area contributed by atoms with Gasteiger partial charge in [-0.3, -0.25) is 20.4 Å². The first kappa shape index (κ1) is 8.91. The largest absolute Gasteiger partial charge is 0.270 e. The van der Waals surface area contributed by atoms with Crippen LogP contribution in [0.1, 0.15) is 20.7 Å². The zero-order valence-corrected chi connectivity index (χ0v) is 8.28. The maximum atomic E-state index is 11.7. The van der Waals surface area contributed by atoms with E-state index in [0.29, 0.717) is 16.5 Å². The summed E-state index contributed by atoms with van der Waals surface area (Å²) in [5, 5.41) is 1.60. The number of carbonyl (C=O) groups is 2. The molecule has 0 atom stereocenters. The third-order valence-electron chi connectivity index (χ3n) is 2.68. The van der Waals surface area contributed by atoms with Crippen molar-refractivity contribution >= 4 is 22.6 Å². The van der Waals surface area contributed by atoms with E-state index < -0.39 is 0 Å². The van der Waals surface area contributed by atoms with Gasteiger partial charge in [-0.1, -0.05) is 24.3 Å². The van der Waals surface area contributed by atoms with E-state index in [-0.39, 0.29) is 11.8 Å². The van der Waals surface area contributed by atoms with E-state index in [4.69, 9.17) is 0 Å². The maximum Gasteiger partial charge on any atom is 0.270 e. The fourth-order valence-corrected chi connectivity index (χ4v) is 1.97. The number of hydrogen-bond donors (Lipinski definition) is 2. The Kier molecular flexibility index (Phi) is 1.71. The molecule has 0 fully saturated rings. The lowest BCUT2D eigenvalue weighted by molar-refractivity contribution is 0.0854. The summed E-state index contributed by atoms with van der Waals surface area (Å²) in [6.07, 6.45) is 0. The van der Waals surface area contributed by atoms with Gasteiger partial charge in [-0.2, -0.15) is 0 Å². The Morgan fingerprint density at radius 2 is 1.25 bits per heavy atom. The normalized spacial score (nSPS) is 14.2. The van der Waals surface area contributed by atoms with Crippen molar-refractivity contribution in [1.82, 2.24) is 10.9 Å². The van der Waals surface area contributed by atoms with Gasteiger partial charge in [-0.05, 0) is 17.5 Å². The van der Waals surface area contributed by atoms with Crippen LogP contribution < -0.4 is 10.9 Å². The molecule has 1 heterocycles. The fraction of sp³-hybridized carbons (Fsp3) is 0. The molecule has 3 rings (SSSR count). The van der Waals surface area contributed by atoms with Crippen LogP contribution in [0.15, 0.2) is 36.4 Å². The van der Waals surface area contributed by atoms with Gasteiger partial charge in [0, 0.05) is 16.5 Å². The Morgan fingerprint density at radius 1 is 0.750 bits per heavy atom. The number of carbonyl (C=O) groups excluding carboxylic acids is 2. The zero-order chi connectivity index (χ0) is 11.1. The molecule has 0 unspecified atom stereocenters. The van der Waals surface area contributed by atoms with E-state index in [0.717, 1.165) is 5.39 Å². The molecule has 4 heteroatoms. The molecule has 4 nitrogen and oxygen atoms in total. The lowest BCUT2D eigenvalue weighted by Gasteiger charge is -2.03. The first-order valence-electron chi connectivity index (χ1n) is 4.90. The summed E-state index contributed by atoms with van der Waals surface area (Å²) >= 11 is 0. The molecule has 1 aliphatic rings. The van der Waals surface area contributed by atoms with Crippen LogP contribution in [0.2, 0.25) is 0 Å². The molecule has 0 saturated heterocycles. The molecule has 0 aromatic heterocycles. The lowest BCUT2D eigenvalue weighted by atomic mass is 9.99. The molecule has 0 aliphatic carbocycles. The van der Waals surface area contributed by atoms with Crippen molar-refractivity contribution in [2.45, 2.75) is 0 Å². The molecular weight excluding hydrogens is 204 g/mol. The number of benzene rings is 2. The van der Waals surface area contributed by atoms with Crippen molar-refractivity contribution in [1.29, 1.82) is 0 Å². The quantitative estimate of drug-likeness (QED) is 0.690. The van der Waals surface area contributed by atoms with Gasteiger partial charge in [0.1, 0.15) is 0 Å². The Bertz CT molecular complexity index is 569. The molecule has 1 aliphatic heterocycles. The van der Waals surface area contributed by atoms with Crippen molar-refractivity contribution in [3.05, 3.63) is 47.5 Å². The fourth-order valence-electron chi connectivity index (χ4n) is 1.97. The second-order valence-electron chi connectivity index (χ2n) is 3.62. The highest BCUT2D eigenvalue weighted by Crippen LogP contribution is 2.24. The zero-order valence-electron chi connectivity index (χ0n) is 8.28. The summed E-state index contributed by atoms with van der Waals surface area (Å²) in [7, 11) is 0. The molecule has 2 amide bonds. The molecule has 2 aromatic carbocycles. The Labute approximate surface area is 91.2 Å². The maximum absolute atomic E-state index is 11.7. The summed E-state index contributed by atoms with van der Waals surface area (Å²) in [4.78, 5) is 23.4. The standard InChI is InChI=1S/C12H8N2O2/c15-11-8-5-1-3-7-4-2-6-9(10(7)8)12(16)14-13-11/h1-6H,(H,13,15)(H,14,16). The molecule has 2 N–H and O–H groups in total. The average Bonchev–Trinajstić information content (AvgIpc) is 2.44. The molecular formula is C12H8N2O2. The van der Waals surface area contributed by atoms with Crippen molar-refractivity contribution < 1.29 is 9.59 Å². The summed E-state index contributed by atoms with van der Waals surface area (Å²) in [6.45, 7) is 0. The Morgan fingerprint density at radius 3 is 1.75 bits per heavy atom. The van der Waals surface area contributed by atoms with E-state index in [1.165, 1.54) is 0 Å². The summed E-state index contributed by atoms with van der Waals surface area (Å²) in [5.74, 6) is -0.576. The van der Waals surface area contributed by atoms with E-state index in [1.54, 1.807) is 24.3 Å². The minimum absolute atomic E-state index is 0.288. The second-order valence-corrected chi connectivity index (χ2v) is 3.62. The van der Waals surface area contributed by atoms with Gasteiger partial charge in [0.25, 0.3) is 11.8 Å². The molecule has 0 radical (unpaired) electrons. The van der Waals surface area contributed by atoms with Crippen LogP contribution in [0.4, 0.5) is 0 Å². The van der Waals surface area contributed by atoms with Gasteiger partial charge in [0.15, 0.2) is 0 Å². The van der Waals surface area contributed by atoms with E-state index >= 15 is 0 Å². The highest BCUT2D eigenvalue weighted by atomic mass is 16.2. The average molecular weight is 212 g/mol. The predicted molar refractivity (Wildman–Crippen MR) is 58.9 cm³/mol. The highest BCUT2D eigenvalue weighted by Gasteiger charge is 2.20. The molecule has 0 saturated carbocycles. The Balaban J connectivity index is 2.51. The highest BCUT2D eigenvalue weighted by molar-refractivity contribution is 6.18. The minimum atomic E-state index is -0.288. The molecule has 0 spiro atoms. The molecule has 78 valence electrons. The van der Waals surface area contributed by atoms with Gasteiger partial charge in [0.05, 0.1) is 0 Å². The second kappa shape index (κ2) is 3.06. The van der Waals surface area contributed by atoms with Gasteiger partial charge < -0.3 is 0 Å². The lowest BCUT2D eigenvalue weighted by Crippen LogP contribution is -2.39. The molecule has 0 bridgehead atoms. The summed E-state index contributed by atoms with van der Waals surface area (Å²) < 4.78 is 0. The number of rotatable bonds is 0. The van der Waals surface area contributed by atoms with Gasteiger partial charge in [-0.15, -0.1) is 0 Å². The van der Waals surface area contributed by atoms with Crippen LogP contribution in [0.3, 0.4) is 0 Å². The van der Waals surface area contributed by atoms with Crippen LogP contribution in [0, 0.1) is 0 Å². The topological polar surface area (TPSA) is 58.2 Å². The predicted octanol–water partition coefficient (Wildman–Crippen LogP) is 1.23. The van der Waals surface area contributed by atoms with Crippen LogP contribution >= 0.6 is 0 Å². The van der Waals surface area contributed by atoms with E-state index in [2.05, 4.69) is 10.9 Å². The number of hydrogen-bond acceptors (Lipinski definition) is 2. The third-order valence-corrected chi connectivity index (χ3v) is 2.68. The van der Waals surface area contributed by atoms with Gasteiger partial charge in [0.2, 0.25) is 0 Å². The van der Waals surface area contributed by atoms with Crippen LogP contribution in [-0.2, 0) is 0 Å². The summed E-state index contributed by atoms with van der Waals surface area (Å²) in [5.41, 5.74) is 5.77. The first-order chi connectivity index (χ1) is 7.77. The first-order valence-corrected chi connectivity index (χ1v) is 4.90. The number of amides is 2.